The molecule has 0 saturated carbocycles. The zero-order valence-electron chi connectivity index (χ0n) is 18.3. The lowest BCUT2D eigenvalue weighted by molar-refractivity contribution is 0.200. The Morgan fingerprint density at radius 1 is 1.13 bits per heavy atom. The first-order chi connectivity index (χ1) is 14.4. The normalized spacial score (nSPS) is 23.1. The highest BCUT2D eigenvalue weighted by atomic mass is 19.1. The lowest BCUT2D eigenvalue weighted by Gasteiger charge is -2.47. The monoisotopic (exact) mass is 398 g/mol. The van der Waals surface area contributed by atoms with Gasteiger partial charge in [-0.3, -0.25) is 0 Å². The van der Waals surface area contributed by atoms with Crippen molar-refractivity contribution in [1.29, 1.82) is 0 Å². The number of allylic oxidation sites excluding steroid dienone is 6. The van der Waals surface area contributed by atoms with Gasteiger partial charge in [0.15, 0.2) is 0 Å². The smallest absolute Gasteiger partial charge is 0.118 e. The van der Waals surface area contributed by atoms with E-state index in [1.165, 1.54) is 16.7 Å². The van der Waals surface area contributed by atoms with Crippen LogP contribution in [0, 0.1) is 11.3 Å². The fourth-order valence-electron chi connectivity index (χ4n) is 5.08. The van der Waals surface area contributed by atoms with Gasteiger partial charge in [0.25, 0.3) is 0 Å². The van der Waals surface area contributed by atoms with E-state index in [-0.39, 0.29) is 22.6 Å². The maximum Gasteiger partial charge on any atom is 0.118 e. The van der Waals surface area contributed by atoms with Crippen LogP contribution in [-0.4, -0.2) is 0 Å². The van der Waals surface area contributed by atoms with Crippen LogP contribution in [0.15, 0.2) is 85.2 Å². The molecule has 2 unspecified atom stereocenters. The summed E-state index contributed by atoms with van der Waals surface area (Å²) >= 11 is 0. The number of hydrogen-bond donors (Lipinski definition) is 0. The molecular formula is C29H31F. The van der Waals surface area contributed by atoms with E-state index in [0.717, 1.165) is 24.0 Å². The van der Waals surface area contributed by atoms with Crippen LogP contribution in [-0.2, 0) is 11.8 Å². The highest BCUT2D eigenvalue weighted by Gasteiger charge is 2.44. The first-order valence-corrected chi connectivity index (χ1v) is 11.0. The largest absolute Gasteiger partial charge is 0.207 e. The summed E-state index contributed by atoms with van der Waals surface area (Å²) < 4.78 is 13.3. The summed E-state index contributed by atoms with van der Waals surface area (Å²) in [5.74, 6) is 0.0197. The molecule has 1 heteroatoms. The van der Waals surface area contributed by atoms with Crippen LogP contribution in [0.1, 0.15) is 55.9 Å². The Morgan fingerprint density at radius 2 is 1.90 bits per heavy atom. The molecule has 2 atom stereocenters. The third-order valence-electron chi connectivity index (χ3n) is 7.48. The van der Waals surface area contributed by atoms with E-state index in [1.807, 2.05) is 6.08 Å². The number of halogens is 1. The Hall–Kier alpha value is -2.67. The molecular weight excluding hydrogens is 367 g/mol. The average molecular weight is 399 g/mol. The van der Waals surface area contributed by atoms with Crippen molar-refractivity contribution in [3.05, 3.63) is 107 Å². The van der Waals surface area contributed by atoms with E-state index in [0.29, 0.717) is 6.42 Å². The minimum atomic E-state index is -0.149. The van der Waals surface area contributed by atoms with Crippen molar-refractivity contribution in [2.75, 3.05) is 0 Å². The zero-order valence-corrected chi connectivity index (χ0v) is 18.3. The molecule has 0 amide bonds. The third kappa shape index (κ3) is 3.51. The summed E-state index contributed by atoms with van der Waals surface area (Å²) in [7, 11) is 0. The zero-order chi connectivity index (χ0) is 21.4. The molecule has 0 spiro atoms. The second-order valence-electron chi connectivity index (χ2n) is 9.24. The molecule has 2 aliphatic carbocycles. The van der Waals surface area contributed by atoms with E-state index < -0.39 is 0 Å². The van der Waals surface area contributed by atoms with Gasteiger partial charge in [0.1, 0.15) is 5.83 Å². The van der Waals surface area contributed by atoms with Crippen molar-refractivity contribution in [2.45, 2.75) is 45.4 Å². The summed E-state index contributed by atoms with van der Waals surface area (Å²) in [6.45, 7) is 11.4. The molecule has 2 aromatic rings. The Kier molecular flexibility index (Phi) is 5.40. The highest BCUT2D eigenvalue weighted by Crippen LogP contribution is 2.50. The molecule has 30 heavy (non-hydrogen) atoms. The Morgan fingerprint density at radius 3 is 2.57 bits per heavy atom. The van der Waals surface area contributed by atoms with E-state index in [1.54, 1.807) is 12.2 Å². The van der Waals surface area contributed by atoms with Crippen molar-refractivity contribution in [3.8, 4) is 0 Å². The highest BCUT2D eigenvalue weighted by molar-refractivity contribution is 5.72. The van der Waals surface area contributed by atoms with Crippen LogP contribution < -0.4 is 0 Å². The first-order valence-electron chi connectivity index (χ1n) is 11.0. The summed E-state index contributed by atoms with van der Waals surface area (Å²) in [5.41, 5.74) is 6.37. The fraction of sp³-hybridized carbons (Fsp3) is 0.310. The fourth-order valence-corrected chi connectivity index (χ4v) is 5.08. The SMILES string of the molecule is C=C(c1ccc2c(c1)C=CC(CC)(C(C)(C)c1ccccc1)C2)C1C=CC(F)=CC1. The van der Waals surface area contributed by atoms with Gasteiger partial charge in [0.05, 0.1) is 0 Å². The number of hydrogen-bond acceptors (Lipinski definition) is 0. The molecule has 0 aromatic heterocycles. The predicted octanol–water partition coefficient (Wildman–Crippen LogP) is 8.07. The molecule has 0 N–H and O–H groups in total. The molecule has 0 radical (unpaired) electrons. The van der Waals surface area contributed by atoms with E-state index in [4.69, 9.17) is 0 Å². The molecule has 0 nitrogen and oxygen atoms in total. The molecule has 0 heterocycles. The molecule has 0 saturated heterocycles. The summed E-state index contributed by atoms with van der Waals surface area (Å²) in [6, 6.07) is 17.6. The van der Waals surface area contributed by atoms with Gasteiger partial charge < -0.3 is 0 Å². The molecule has 2 aliphatic rings. The van der Waals surface area contributed by atoms with Gasteiger partial charge in [-0.1, -0.05) is 88.0 Å². The predicted molar refractivity (Wildman–Crippen MR) is 127 cm³/mol. The van der Waals surface area contributed by atoms with Gasteiger partial charge in [-0.15, -0.1) is 0 Å². The Bertz CT molecular complexity index is 1040. The number of benzene rings is 2. The van der Waals surface area contributed by atoms with Gasteiger partial charge in [-0.25, -0.2) is 4.39 Å². The summed E-state index contributed by atoms with van der Waals surface area (Å²) in [5, 5.41) is 0. The Labute approximate surface area is 180 Å². The van der Waals surface area contributed by atoms with Crippen LogP contribution in [0.2, 0.25) is 0 Å². The topological polar surface area (TPSA) is 0 Å². The van der Waals surface area contributed by atoms with Crippen LogP contribution in [0.5, 0.6) is 0 Å². The molecule has 0 fully saturated rings. The third-order valence-corrected chi connectivity index (χ3v) is 7.48. The van der Waals surface area contributed by atoms with Crippen LogP contribution in [0.25, 0.3) is 11.6 Å². The maximum absolute atomic E-state index is 13.3. The van der Waals surface area contributed by atoms with Crippen molar-refractivity contribution in [2.24, 2.45) is 11.3 Å². The van der Waals surface area contributed by atoms with E-state index in [2.05, 4.69) is 88.0 Å². The van der Waals surface area contributed by atoms with Crippen molar-refractivity contribution >= 4 is 11.6 Å². The molecule has 2 aromatic carbocycles. The van der Waals surface area contributed by atoms with Crippen molar-refractivity contribution in [3.63, 3.8) is 0 Å². The van der Waals surface area contributed by atoms with Gasteiger partial charge >= 0.3 is 0 Å². The van der Waals surface area contributed by atoms with Crippen LogP contribution >= 0.6 is 0 Å². The van der Waals surface area contributed by atoms with Gasteiger partial charge in [-0.05, 0) is 70.7 Å². The average Bonchev–Trinajstić information content (AvgIpc) is 2.78. The molecule has 0 bridgehead atoms. The number of rotatable bonds is 5. The minimum absolute atomic E-state index is 0.0305. The summed E-state index contributed by atoms with van der Waals surface area (Å²) in [4.78, 5) is 0. The van der Waals surface area contributed by atoms with Crippen molar-refractivity contribution < 1.29 is 4.39 Å². The second kappa shape index (κ2) is 7.87. The summed E-state index contributed by atoms with van der Waals surface area (Å²) in [6.07, 6.45) is 12.7. The van der Waals surface area contributed by atoms with Crippen molar-refractivity contribution in [1.82, 2.24) is 0 Å². The maximum atomic E-state index is 13.3. The van der Waals surface area contributed by atoms with Gasteiger partial charge in [0.2, 0.25) is 0 Å². The van der Waals surface area contributed by atoms with E-state index in [9.17, 15) is 4.39 Å². The molecule has 0 aliphatic heterocycles. The number of fused-ring (bicyclic) bond motifs is 1. The lowest BCUT2D eigenvalue weighted by atomic mass is 9.56. The molecule has 154 valence electrons. The lowest BCUT2D eigenvalue weighted by Crippen LogP contribution is -2.42. The standard InChI is InChI=1S/C29H31F/c1-5-29(28(3,4)26-9-7-6-8-10-26)18-17-24-19-23(11-12-25(24)20-29)21(2)22-13-15-27(30)16-14-22/h6-13,15-19,22H,2,5,14,20H2,1,3-4H3. The van der Waals surface area contributed by atoms with Crippen LogP contribution in [0.4, 0.5) is 4.39 Å². The van der Waals surface area contributed by atoms with E-state index >= 15 is 0 Å². The quantitative estimate of drug-likeness (QED) is 0.477. The minimum Gasteiger partial charge on any atom is -0.207 e. The first kappa shape index (κ1) is 20.6. The molecule has 4 rings (SSSR count). The van der Waals surface area contributed by atoms with Crippen LogP contribution in [0.3, 0.4) is 0 Å². The van der Waals surface area contributed by atoms with Gasteiger partial charge in [-0.2, -0.15) is 0 Å². The van der Waals surface area contributed by atoms with Gasteiger partial charge in [0, 0.05) is 11.3 Å². The Balaban J connectivity index is 1.63. The second-order valence-corrected chi connectivity index (χ2v) is 9.24.